The van der Waals surface area contributed by atoms with E-state index in [1.807, 2.05) is 0 Å². The van der Waals surface area contributed by atoms with Crippen LogP contribution in [0.4, 0.5) is 0 Å². The third kappa shape index (κ3) is 3.58. The van der Waals surface area contributed by atoms with Crippen LogP contribution in [0.25, 0.3) is 0 Å². The predicted octanol–water partition coefficient (Wildman–Crippen LogP) is 0.289. The molecule has 0 amide bonds. The Balaban J connectivity index is 2.48. The zero-order chi connectivity index (χ0) is 9.90. The lowest BCUT2D eigenvalue weighted by Gasteiger charge is -2.06. The summed E-state index contributed by atoms with van der Waals surface area (Å²) in [6.45, 7) is -0.327. The second-order valence-corrected chi connectivity index (χ2v) is 4.16. The van der Waals surface area contributed by atoms with Crippen molar-refractivity contribution >= 4 is 10.1 Å². The Morgan fingerprint density at radius 2 is 2.38 bits per heavy atom. The lowest BCUT2D eigenvalue weighted by molar-refractivity contribution is 0.0922. The van der Waals surface area contributed by atoms with Gasteiger partial charge in [-0.1, -0.05) is 0 Å². The second-order valence-electron chi connectivity index (χ2n) is 2.52. The molecular formula is C7H10O5S. The van der Waals surface area contributed by atoms with Gasteiger partial charge in [-0.05, 0) is 12.1 Å². The standard InChI is InChI=1S/C7H10O5S/c1-13(9,10)12-5-6(8)7-3-2-4-11-7/h2-4,6,8H,5H2,1H3/t6-/m1/s1. The zero-order valence-electron chi connectivity index (χ0n) is 7.00. The van der Waals surface area contributed by atoms with Crippen LogP contribution in [-0.4, -0.2) is 26.4 Å². The fourth-order valence-corrected chi connectivity index (χ4v) is 1.13. The maximum atomic E-state index is 10.5. The van der Waals surface area contributed by atoms with Gasteiger partial charge in [-0.3, -0.25) is 4.18 Å². The maximum absolute atomic E-state index is 10.5. The van der Waals surface area contributed by atoms with E-state index in [-0.39, 0.29) is 12.4 Å². The molecule has 0 fully saturated rings. The third-order valence-electron chi connectivity index (χ3n) is 1.31. The molecule has 0 unspecified atom stereocenters. The molecule has 6 heteroatoms. The fraction of sp³-hybridized carbons (Fsp3) is 0.429. The van der Waals surface area contributed by atoms with Gasteiger partial charge in [0.2, 0.25) is 0 Å². The Morgan fingerprint density at radius 1 is 1.69 bits per heavy atom. The Hall–Kier alpha value is -0.850. The van der Waals surface area contributed by atoms with E-state index in [2.05, 4.69) is 4.18 Å². The van der Waals surface area contributed by atoms with Gasteiger partial charge in [0.05, 0.1) is 19.1 Å². The van der Waals surface area contributed by atoms with Crippen LogP contribution in [0.3, 0.4) is 0 Å². The van der Waals surface area contributed by atoms with Crippen molar-refractivity contribution in [2.75, 3.05) is 12.9 Å². The molecule has 1 aromatic rings. The Kier molecular flexibility index (Phi) is 3.07. The first kappa shape index (κ1) is 10.2. The van der Waals surface area contributed by atoms with E-state index < -0.39 is 16.2 Å². The summed E-state index contributed by atoms with van der Waals surface area (Å²) in [7, 11) is -3.51. The van der Waals surface area contributed by atoms with Gasteiger partial charge in [-0.25, -0.2) is 0 Å². The van der Waals surface area contributed by atoms with Gasteiger partial charge < -0.3 is 9.52 Å². The molecule has 0 aliphatic rings. The van der Waals surface area contributed by atoms with Gasteiger partial charge >= 0.3 is 0 Å². The van der Waals surface area contributed by atoms with Gasteiger partial charge in [0.1, 0.15) is 11.9 Å². The molecule has 0 aromatic carbocycles. The van der Waals surface area contributed by atoms with Crippen molar-refractivity contribution in [3.8, 4) is 0 Å². The average Bonchev–Trinajstić information content (AvgIpc) is 2.50. The third-order valence-corrected chi connectivity index (χ3v) is 1.88. The largest absolute Gasteiger partial charge is 0.466 e. The predicted molar refractivity (Wildman–Crippen MR) is 44.5 cm³/mol. The Bertz CT molecular complexity index is 339. The molecule has 1 N–H and O–H groups in total. The highest BCUT2D eigenvalue weighted by Gasteiger charge is 2.13. The van der Waals surface area contributed by atoms with Crippen molar-refractivity contribution in [2.24, 2.45) is 0 Å². The normalized spacial score (nSPS) is 14.3. The van der Waals surface area contributed by atoms with E-state index in [0.717, 1.165) is 6.26 Å². The highest BCUT2D eigenvalue weighted by Crippen LogP contribution is 2.13. The number of aliphatic hydroxyl groups is 1. The fourth-order valence-electron chi connectivity index (χ4n) is 0.751. The monoisotopic (exact) mass is 206 g/mol. The van der Waals surface area contributed by atoms with Crippen LogP contribution in [0.15, 0.2) is 22.8 Å². The second kappa shape index (κ2) is 3.91. The molecule has 5 nitrogen and oxygen atoms in total. The Labute approximate surface area is 76.1 Å². The van der Waals surface area contributed by atoms with Crippen LogP contribution in [-0.2, 0) is 14.3 Å². The maximum Gasteiger partial charge on any atom is 0.264 e. The van der Waals surface area contributed by atoms with Crippen LogP contribution in [0.5, 0.6) is 0 Å². The molecule has 13 heavy (non-hydrogen) atoms. The van der Waals surface area contributed by atoms with Gasteiger partial charge in [-0.2, -0.15) is 8.42 Å². The van der Waals surface area contributed by atoms with Gasteiger partial charge in [0, 0.05) is 0 Å². The minimum absolute atomic E-state index is 0.281. The van der Waals surface area contributed by atoms with E-state index >= 15 is 0 Å². The van der Waals surface area contributed by atoms with Crippen molar-refractivity contribution in [3.63, 3.8) is 0 Å². The molecule has 0 spiro atoms. The first-order valence-electron chi connectivity index (χ1n) is 3.55. The van der Waals surface area contributed by atoms with E-state index in [9.17, 15) is 13.5 Å². The average molecular weight is 206 g/mol. The molecular weight excluding hydrogens is 196 g/mol. The molecule has 0 aliphatic heterocycles. The minimum atomic E-state index is -3.51. The number of hydrogen-bond acceptors (Lipinski definition) is 5. The van der Waals surface area contributed by atoms with Crippen molar-refractivity contribution in [2.45, 2.75) is 6.10 Å². The molecule has 0 bridgehead atoms. The molecule has 1 aromatic heterocycles. The highest BCUT2D eigenvalue weighted by molar-refractivity contribution is 7.85. The molecule has 1 heterocycles. The van der Waals surface area contributed by atoms with Gasteiger partial charge in [-0.15, -0.1) is 0 Å². The minimum Gasteiger partial charge on any atom is -0.466 e. The summed E-state index contributed by atoms with van der Waals surface area (Å²) >= 11 is 0. The van der Waals surface area contributed by atoms with Crippen LogP contribution in [0, 0.1) is 0 Å². The Morgan fingerprint density at radius 3 is 2.85 bits per heavy atom. The van der Waals surface area contributed by atoms with Crippen LogP contribution >= 0.6 is 0 Å². The molecule has 1 atom stereocenters. The van der Waals surface area contributed by atoms with Crippen molar-refractivity contribution < 1.29 is 22.1 Å². The molecule has 1 rings (SSSR count). The lowest BCUT2D eigenvalue weighted by Crippen LogP contribution is -2.11. The van der Waals surface area contributed by atoms with Crippen LogP contribution < -0.4 is 0 Å². The first-order valence-corrected chi connectivity index (χ1v) is 5.36. The molecule has 74 valence electrons. The zero-order valence-corrected chi connectivity index (χ0v) is 7.82. The number of hydrogen-bond donors (Lipinski definition) is 1. The van der Waals surface area contributed by atoms with E-state index in [1.54, 1.807) is 6.07 Å². The van der Waals surface area contributed by atoms with E-state index in [0.29, 0.717) is 0 Å². The van der Waals surface area contributed by atoms with E-state index in [4.69, 9.17) is 4.42 Å². The summed E-state index contributed by atoms with van der Waals surface area (Å²) in [5, 5.41) is 9.29. The lowest BCUT2D eigenvalue weighted by atomic mass is 10.3. The molecule has 0 saturated heterocycles. The van der Waals surface area contributed by atoms with Crippen molar-refractivity contribution in [1.29, 1.82) is 0 Å². The van der Waals surface area contributed by atoms with Crippen molar-refractivity contribution in [3.05, 3.63) is 24.2 Å². The summed E-state index contributed by atoms with van der Waals surface area (Å²) in [4.78, 5) is 0. The number of rotatable bonds is 4. The summed E-state index contributed by atoms with van der Waals surface area (Å²) in [6.07, 6.45) is 1.26. The summed E-state index contributed by atoms with van der Waals surface area (Å²) in [6, 6.07) is 3.13. The highest BCUT2D eigenvalue weighted by atomic mass is 32.2. The number of furan rings is 1. The summed E-state index contributed by atoms with van der Waals surface area (Å²) < 4.78 is 30.3. The number of aliphatic hydroxyl groups excluding tert-OH is 1. The molecule has 0 saturated carbocycles. The first-order chi connectivity index (χ1) is 5.99. The van der Waals surface area contributed by atoms with E-state index in [1.165, 1.54) is 12.3 Å². The van der Waals surface area contributed by atoms with Crippen molar-refractivity contribution in [1.82, 2.24) is 0 Å². The summed E-state index contributed by atoms with van der Waals surface area (Å²) in [5.41, 5.74) is 0. The van der Waals surface area contributed by atoms with Crippen LogP contribution in [0.2, 0.25) is 0 Å². The topological polar surface area (TPSA) is 76.7 Å². The SMILES string of the molecule is CS(=O)(=O)OC[C@@H](O)c1ccco1. The smallest absolute Gasteiger partial charge is 0.264 e. The van der Waals surface area contributed by atoms with Gasteiger partial charge in [0.25, 0.3) is 10.1 Å². The quantitative estimate of drug-likeness (QED) is 0.716. The van der Waals surface area contributed by atoms with Crippen LogP contribution in [0.1, 0.15) is 11.9 Å². The molecule has 0 aliphatic carbocycles. The molecule has 0 radical (unpaired) electrons. The van der Waals surface area contributed by atoms with Gasteiger partial charge in [0.15, 0.2) is 0 Å². The summed E-state index contributed by atoms with van der Waals surface area (Å²) in [5.74, 6) is 0.281.